The summed E-state index contributed by atoms with van der Waals surface area (Å²) in [6, 6.07) is 1.98. The van der Waals surface area contributed by atoms with Gasteiger partial charge >= 0.3 is 0 Å². The topological polar surface area (TPSA) is 57.8 Å². The Kier molecular flexibility index (Phi) is 3.27. The molecule has 0 aliphatic heterocycles. The number of hydrogen-bond donors (Lipinski definition) is 2. The molecule has 1 aliphatic carbocycles. The third-order valence-electron chi connectivity index (χ3n) is 3.76. The first kappa shape index (κ1) is 11.2. The molecule has 1 aliphatic rings. The summed E-state index contributed by atoms with van der Waals surface area (Å²) in [4.78, 5) is 17.8. The van der Waals surface area contributed by atoms with E-state index in [4.69, 9.17) is 0 Å². The van der Waals surface area contributed by atoms with Crippen LogP contribution in [-0.4, -0.2) is 16.0 Å². The molecule has 4 heteroatoms. The highest BCUT2D eigenvalue weighted by Gasteiger charge is 2.31. The van der Waals surface area contributed by atoms with Crippen LogP contribution in [0.5, 0.6) is 0 Å². The first-order valence-electron chi connectivity index (χ1n) is 6.02. The van der Waals surface area contributed by atoms with Gasteiger partial charge in [0, 0.05) is 12.1 Å². The van der Waals surface area contributed by atoms with Crippen LogP contribution in [0.4, 0.5) is 5.82 Å². The Morgan fingerprint density at radius 3 is 3.00 bits per heavy atom. The zero-order valence-corrected chi connectivity index (χ0v) is 9.86. The van der Waals surface area contributed by atoms with E-state index in [1.807, 2.05) is 0 Å². The molecule has 0 amide bonds. The minimum absolute atomic E-state index is 0.102. The maximum absolute atomic E-state index is 11.1. The van der Waals surface area contributed by atoms with Gasteiger partial charge in [0.2, 0.25) is 0 Å². The number of rotatable bonds is 3. The summed E-state index contributed by atoms with van der Waals surface area (Å²) in [7, 11) is 0. The zero-order chi connectivity index (χ0) is 11.5. The fourth-order valence-electron chi connectivity index (χ4n) is 2.66. The Balaban J connectivity index is 2.03. The van der Waals surface area contributed by atoms with Gasteiger partial charge < -0.3 is 10.3 Å². The van der Waals surface area contributed by atoms with E-state index in [2.05, 4.69) is 29.1 Å². The van der Waals surface area contributed by atoms with Gasteiger partial charge in [-0.3, -0.25) is 4.79 Å². The number of aromatic amines is 1. The van der Waals surface area contributed by atoms with Gasteiger partial charge in [-0.1, -0.05) is 20.3 Å². The molecule has 2 N–H and O–H groups in total. The van der Waals surface area contributed by atoms with E-state index in [9.17, 15) is 4.79 Å². The van der Waals surface area contributed by atoms with Gasteiger partial charge in [0.25, 0.3) is 5.56 Å². The van der Waals surface area contributed by atoms with Crippen molar-refractivity contribution < 1.29 is 0 Å². The monoisotopic (exact) mass is 221 g/mol. The van der Waals surface area contributed by atoms with Crippen LogP contribution in [0.2, 0.25) is 0 Å². The van der Waals surface area contributed by atoms with Crippen LogP contribution in [0.25, 0.3) is 0 Å². The highest BCUT2D eigenvalue weighted by Crippen LogP contribution is 2.35. The molecule has 1 heterocycles. The van der Waals surface area contributed by atoms with Crippen molar-refractivity contribution in [3.63, 3.8) is 0 Å². The van der Waals surface area contributed by atoms with Crippen LogP contribution >= 0.6 is 0 Å². The number of nitrogens with zero attached hydrogens (tertiary/aromatic N) is 1. The second kappa shape index (κ2) is 4.68. The summed E-state index contributed by atoms with van der Waals surface area (Å²) in [6.45, 7) is 4.53. The van der Waals surface area contributed by atoms with E-state index in [0.29, 0.717) is 17.8 Å². The molecule has 4 nitrogen and oxygen atoms in total. The number of anilines is 1. The average molecular weight is 221 g/mol. The zero-order valence-electron chi connectivity index (χ0n) is 9.86. The van der Waals surface area contributed by atoms with Crippen molar-refractivity contribution in [3.05, 3.63) is 22.7 Å². The molecule has 0 aromatic carbocycles. The molecule has 1 saturated carbocycles. The van der Waals surface area contributed by atoms with Gasteiger partial charge in [0.1, 0.15) is 5.82 Å². The van der Waals surface area contributed by atoms with Crippen LogP contribution in [0.3, 0.4) is 0 Å². The van der Waals surface area contributed by atoms with Crippen molar-refractivity contribution in [2.75, 3.05) is 5.32 Å². The van der Waals surface area contributed by atoms with Crippen LogP contribution in [0, 0.1) is 11.8 Å². The molecule has 1 aromatic rings. The first-order chi connectivity index (χ1) is 7.70. The fourth-order valence-corrected chi connectivity index (χ4v) is 2.66. The van der Waals surface area contributed by atoms with E-state index in [1.165, 1.54) is 31.7 Å². The smallest absolute Gasteiger partial charge is 0.252 e. The maximum atomic E-state index is 11.1. The van der Waals surface area contributed by atoms with Crippen LogP contribution in [-0.2, 0) is 0 Å². The van der Waals surface area contributed by atoms with Gasteiger partial charge in [-0.25, -0.2) is 4.98 Å². The molecule has 16 heavy (non-hydrogen) atoms. The summed E-state index contributed by atoms with van der Waals surface area (Å²) >= 11 is 0. The van der Waals surface area contributed by atoms with E-state index in [1.54, 1.807) is 0 Å². The Hall–Kier alpha value is -1.32. The maximum Gasteiger partial charge on any atom is 0.252 e. The molecular weight excluding hydrogens is 202 g/mol. The first-order valence-corrected chi connectivity index (χ1v) is 6.02. The molecule has 3 unspecified atom stereocenters. The lowest BCUT2D eigenvalue weighted by atomic mass is 9.93. The van der Waals surface area contributed by atoms with Gasteiger partial charge in [-0.2, -0.15) is 0 Å². The van der Waals surface area contributed by atoms with Crippen molar-refractivity contribution >= 4 is 5.82 Å². The quantitative estimate of drug-likeness (QED) is 0.820. The fraction of sp³-hybridized carbons (Fsp3) is 0.667. The van der Waals surface area contributed by atoms with Crippen molar-refractivity contribution in [1.82, 2.24) is 9.97 Å². The summed E-state index contributed by atoms with van der Waals surface area (Å²) in [6.07, 6.45) is 5.14. The molecule has 1 fully saturated rings. The Bertz CT molecular complexity index is 401. The Labute approximate surface area is 95.5 Å². The van der Waals surface area contributed by atoms with E-state index >= 15 is 0 Å². The molecule has 0 saturated heterocycles. The Morgan fingerprint density at radius 1 is 1.56 bits per heavy atom. The molecule has 0 radical (unpaired) electrons. The molecule has 1 aromatic heterocycles. The van der Waals surface area contributed by atoms with E-state index in [0.717, 1.165) is 5.92 Å². The standard InChI is InChI=1S/C12H19N3O/c1-3-9-4-5-10(8(9)2)15-11-6-12(16)14-7-13-11/h6-10H,3-5H2,1-2H3,(H2,13,14,15,16). The summed E-state index contributed by atoms with van der Waals surface area (Å²) in [5.74, 6) is 2.16. The summed E-state index contributed by atoms with van der Waals surface area (Å²) in [5, 5.41) is 3.36. The number of nitrogens with one attached hydrogen (secondary N) is 2. The minimum atomic E-state index is -0.102. The van der Waals surface area contributed by atoms with Crippen molar-refractivity contribution in [3.8, 4) is 0 Å². The van der Waals surface area contributed by atoms with Gasteiger partial charge in [-0.05, 0) is 24.7 Å². The second-order valence-electron chi connectivity index (χ2n) is 4.65. The highest BCUT2D eigenvalue weighted by molar-refractivity contribution is 5.33. The normalized spacial score (nSPS) is 29.2. The predicted octanol–water partition coefficient (Wildman–Crippen LogP) is 2.01. The average Bonchev–Trinajstić information content (AvgIpc) is 2.60. The second-order valence-corrected chi connectivity index (χ2v) is 4.65. The van der Waals surface area contributed by atoms with Gasteiger partial charge in [-0.15, -0.1) is 0 Å². The largest absolute Gasteiger partial charge is 0.367 e. The van der Waals surface area contributed by atoms with E-state index in [-0.39, 0.29) is 5.56 Å². The summed E-state index contributed by atoms with van der Waals surface area (Å²) in [5.41, 5.74) is -0.102. The molecule has 0 spiro atoms. The molecule has 2 rings (SSSR count). The van der Waals surface area contributed by atoms with Crippen LogP contribution < -0.4 is 10.9 Å². The molecular formula is C12H19N3O. The predicted molar refractivity (Wildman–Crippen MR) is 64.4 cm³/mol. The lowest BCUT2D eigenvalue weighted by molar-refractivity contribution is 0.391. The SMILES string of the molecule is CCC1CCC(Nc2cc(=O)[nH]cn2)C1C. The third-order valence-corrected chi connectivity index (χ3v) is 3.76. The lowest BCUT2D eigenvalue weighted by Gasteiger charge is -2.21. The van der Waals surface area contributed by atoms with Crippen molar-refractivity contribution in [2.45, 2.75) is 39.2 Å². The molecule has 0 bridgehead atoms. The van der Waals surface area contributed by atoms with Crippen molar-refractivity contribution in [1.29, 1.82) is 0 Å². The Morgan fingerprint density at radius 2 is 2.38 bits per heavy atom. The number of hydrogen-bond acceptors (Lipinski definition) is 3. The lowest BCUT2D eigenvalue weighted by Crippen LogP contribution is -2.25. The van der Waals surface area contributed by atoms with Gasteiger partial charge in [0.05, 0.1) is 6.33 Å². The minimum Gasteiger partial charge on any atom is -0.367 e. The highest BCUT2D eigenvalue weighted by atomic mass is 16.1. The third kappa shape index (κ3) is 2.26. The van der Waals surface area contributed by atoms with Crippen LogP contribution in [0.1, 0.15) is 33.1 Å². The molecule has 88 valence electrons. The van der Waals surface area contributed by atoms with Gasteiger partial charge in [0.15, 0.2) is 0 Å². The van der Waals surface area contributed by atoms with E-state index < -0.39 is 0 Å². The number of H-pyrrole nitrogens is 1. The molecule has 3 atom stereocenters. The summed E-state index contributed by atoms with van der Waals surface area (Å²) < 4.78 is 0. The van der Waals surface area contributed by atoms with Crippen LogP contribution in [0.15, 0.2) is 17.2 Å². The number of aromatic nitrogens is 2. The van der Waals surface area contributed by atoms with Crippen molar-refractivity contribution in [2.24, 2.45) is 11.8 Å².